The number of nitrogens with one attached hydrogen (secondary N) is 3. The number of alkyl carbamates (subject to hydrolysis) is 1. The Kier molecular flexibility index (Phi) is 10.8. The Morgan fingerprint density at radius 3 is 2.24 bits per heavy atom. The lowest BCUT2D eigenvalue weighted by Gasteiger charge is -2.23. The van der Waals surface area contributed by atoms with Crippen molar-refractivity contribution in [3.63, 3.8) is 0 Å². The van der Waals surface area contributed by atoms with Gasteiger partial charge in [-0.05, 0) is 39.7 Å². The quantitative estimate of drug-likeness (QED) is 0.354. The Balaban J connectivity index is 2.69. The van der Waals surface area contributed by atoms with E-state index in [2.05, 4.69) is 16.0 Å². The number of esters is 1. The lowest BCUT2D eigenvalue weighted by Crippen LogP contribution is -2.47. The van der Waals surface area contributed by atoms with Crippen LogP contribution in [-0.2, 0) is 35.3 Å². The minimum atomic E-state index is -1.22. The summed E-state index contributed by atoms with van der Waals surface area (Å²) in [4.78, 5) is 59.2. The van der Waals surface area contributed by atoms with Crippen LogP contribution in [0.5, 0.6) is 0 Å². The number of carboxylic acids is 1. The Hall–Kier alpha value is -3.63. The fourth-order valence-corrected chi connectivity index (χ4v) is 2.50. The van der Waals surface area contributed by atoms with E-state index in [1.165, 1.54) is 6.92 Å². The first-order chi connectivity index (χ1) is 15.4. The standard InChI is InChI=1S/C22H31N3O8/c1-14(19(29)23-12-18(27)28)24-17(26)11-10-16(25-21(31)33-22(2,3)4)20(30)32-13-15-8-6-5-7-9-15/h5-9,14,16H,10-13H2,1-4H3,(H,23,29)(H,24,26)(H,25,31)(H,27,28)/t14-,16-/m0/s1. The van der Waals surface area contributed by atoms with E-state index in [-0.39, 0.29) is 19.4 Å². The second kappa shape index (κ2) is 13.0. The molecule has 0 fully saturated rings. The molecule has 0 aliphatic carbocycles. The van der Waals surface area contributed by atoms with Gasteiger partial charge >= 0.3 is 18.0 Å². The topological polar surface area (TPSA) is 160 Å². The summed E-state index contributed by atoms with van der Waals surface area (Å²) in [5.74, 6) is -3.20. The predicted molar refractivity (Wildman–Crippen MR) is 117 cm³/mol. The second-order valence-corrected chi connectivity index (χ2v) is 8.23. The summed E-state index contributed by atoms with van der Waals surface area (Å²) in [6.45, 7) is 5.80. The van der Waals surface area contributed by atoms with Crippen molar-refractivity contribution < 1.29 is 38.6 Å². The van der Waals surface area contributed by atoms with Crippen molar-refractivity contribution in [3.8, 4) is 0 Å². The molecule has 0 heterocycles. The van der Waals surface area contributed by atoms with Crippen LogP contribution in [0.2, 0.25) is 0 Å². The van der Waals surface area contributed by atoms with Gasteiger partial charge in [0.05, 0.1) is 0 Å². The summed E-state index contributed by atoms with van der Waals surface area (Å²) in [7, 11) is 0. The first-order valence-electron chi connectivity index (χ1n) is 10.4. The van der Waals surface area contributed by atoms with Crippen LogP contribution in [-0.4, -0.2) is 59.2 Å². The number of aliphatic carboxylic acids is 1. The molecular weight excluding hydrogens is 434 g/mol. The van der Waals surface area contributed by atoms with Crippen molar-refractivity contribution in [2.24, 2.45) is 0 Å². The summed E-state index contributed by atoms with van der Waals surface area (Å²) in [5.41, 5.74) is -0.0422. The zero-order valence-corrected chi connectivity index (χ0v) is 19.2. The molecule has 1 aromatic rings. The summed E-state index contributed by atoms with van der Waals surface area (Å²) in [6.07, 6.45) is -1.16. The molecule has 182 valence electrons. The summed E-state index contributed by atoms with van der Waals surface area (Å²) >= 11 is 0. The van der Waals surface area contributed by atoms with Gasteiger partial charge in [-0.25, -0.2) is 9.59 Å². The molecule has 11 heteroatoms. The average molecular weight is 466 g/mol. The van der Waals surface area contributed by atoms with Gasteiger partial charge in [-0.15, -0.1) is 0 Å². The van der Waals surface area contributed by atoms with Gasteiger partial charge in [0.1, 0.15) is 30.8 Å². The van der Waals surface area contributed by atoms with Crippen LogP contribution in [0.4, 0.5) is 4.79 Å². The van der Waals surface area contributed by atoms with Gasteiger partial charge in [-0.2, -0.15) is 0 Å². The van der Waals surface area contributed by atoms with Gasteiger partial charge in [0.2, 0.25) is 11.8 Å². The largest absolute Gasteiger partial charge is 0.480 e. The number of amides is 3. The number of ether oxygens (including phenoxy) is 2. The van der Waals surface area contributed by atoms with Crippen LogP contribution in [0.1, 0.15) is 46.1 Å². The molecule has 0 saturated heterocycles. The van der Waals surface area contributed by atoms with Crippen molar-refractivity contribution in [1.29, 1.82) is 0 Å². The monoisotopic (exact) mass is 465 g/mol. The number of carbonyl (C=O) groups excluding carboxylic acids is 4. The highest BCUT2D eigenvalue weighted by Gasteiger charge is 2.27. The van der Waals surface area contributed by atoms with Crippen LogP contribution >= 0.6 is 0 Å². The number of hydrogen-bond acceptors (Lipinski definition) is 7. The van der Waals surface area contributed by atoms with Crippen molar-refractivity contribution in [2.45, 2.75) is 64.8 Å². The summed E-state index contributed by atoms with van der Waals surface area (Å²) < 4.78 is 10.4. The minimum absolute atomic E-state index is 0.0147. The van der Waals surface area contributed by atoms with Crippen LogP contribution in [0.15, 0.2) is 30.3 Å². The van der Waals surface area contributed by atoms with E-state index < -0.39 is 54.1 Å². The molecule has 0 unspecified atom stereocenters. The molecule has 1 aromatic carbocycles. The van der Waals surface area contributed by atoms with E-state index >= 15 is 0 Å². The molecule has 33 heavy (non-hydrogen) atoms. The van der Waals surface area contributed by atoms with Crippen molar-refractivity contribution >= 4 is 29.8 Å². The van der Waals surface area contributed by atoms with E-state index in [1.807, 2.05) is 6.07 Å². The van der Waals surface area contributed by atoms with E-state index in [0.29, 0.717) is 0 Å². The third kappa shape index (κ3) is 12.1. The van der Waals surface area contributed by atoms with Crippen LogP contribution in [0.3, 0.4) is 0 Å². The van der Waals surface area contributed by atoms with E-state index in [9.17, 15) is 24.0 Å². The molecule has 0 aliphatic rings. The first kappa shape index (κ1) is 27.4. The number of carboxylic acid groups (broad SMARTS) is 1. The highest BCUT2D eigenvalue weighted by molar-refractivity contribution is 5.89. The fraction of sp³-hybridized carbons (Fsp3) is 0.500. The molecule has 0 bridgehead atoms. The van der Waals surface area contributed by atoms with Crippen molar-refractivity contribution in [3.05, 3.63) is 35.9 Å². The first-order valence-corrected chi connectivity index (χ1v) is 10.4. The molecule has 0 saturated carbocycles. The minimum Gasteiger partial charge on any atom is -0.480 e. The molecule has 4 N–H and O–H groups in total. The Bertz CT molecular complexity index is 836. The van der Waals surface area contributed by atoms with Crippen molar-refractivity contribution in [2.75, 3.05) is 6.54 Å². The summed E-state index contributed by atoms with van der Waals surface area (Å²) in [6, 6.07) is 6.79. The highest BCUT2D eigenvalue weighted by atomic mass is 16.6. The van der Waals surface area contributed by atoms with E-state index in [1.54, 1.807) is 45.0 Å². The second-order valence-electron chi connectivity index (χ2n) is 8.23. The van der Waals surface area contributed by atoms with Gasteiger partial charge in [-0.3, -0.25) is 14.4 Å². The predicted octanol–water partition coefficient (Wildman–Crippen LogP) is 1.11. The molecule has 0 aliphatic heterocycles. The van der Waals surface area contributed by atoms with Gasteiger partial charge in [0.25, 0.3) is 0 Å². The number of rotatable bonds is 11. The normalized spacial score (nSPS) is 12.6. The Morgan fingerprint density at radius 1 is 1.03 bits per heavy atom. The maximum absolute atomic E-state index is 12.6. The fourth-order valence-electron chi connectivity index (χ4n) is 2.50. The molecular formula is C22H31N3O8. The molecule has 0 radical (unpaired) electrons. The van der Waals surface area contributed by atoms with Gasteiger partial charge in [-0.1, -0.05) is 30.3 Å². The average Bonchev–Trinajstić information content (AvgIpc) is 2.72. The van der Waals surface area contributed by atoms with Gasteiger partial charge in [0, 0.05) is 6.42 Å². The van der Waals surface area contributed by atoms with Crippen molar-refractivity contribution in [1.82, 2.24) is 16.0 Å². The molecule has 0 spiro atoms. The smallest absolute Gasteiger partial charge is 0.408 e. The van der Waals surface area contributed by atoms with E-state index in [4.69, 9.17) is 14.6 Å². The zero-order chi connectivity index (χ0) is 25.0. The Labute approximate surface area is 192 Å². The van der Waals surface area contributed by atoms with Gasteiger partial charge in [0.15, 0.2) is 0 Å². The number of benzene rings is 1. The van der Waals surface area contributed by atoms with Crippen LogP contribution < -0.4 is 16.0 Å². The zero-order valence-electron chi connectivity index (χ0n) is 19.2. The summed E-state index contributed by atoms with van der Waals surface area (Å²) in [5, 5.41) is 15.6. The third-order valence-corrected chi connectivity index (χ3v) is 4.04. The molecule has 3 amide bonds. The molecule has 11 nitrogen and oxygen atoms in total. The molecule has 1 rings (SSSR count). The number of hydrogen-bond donors (Lipinski definition) is 4. The van der Waals surface area contributed by atoms with Crippen LogP contribution in [0.25, 0.3) is 0 Å². The number of carbonyl (C=O) groups is 5. The maximum atomic E-state index is 12.6. The Morgan fingerprint density at radius 2 is 1.67 bits per heavy atom. The maximum Gasteiger partial charge on any atom is 0.408 e. The molecule has 2 atom stereocenters. The van der Waals surface area contributed by atoms with Crippen LogP contribution in [0, 0.1) is 0 Å². The highest BCUT2D eigenvalue weighted by Crippen LogP contribution is 2.10. The SMILES string of the molecule is C[C@H](NC(=O)CC[C@H](NC(=O)OC(C)(C)C)C(=O)OCc1ccccc1)C(=O)NCC(=O)O. The third-order valence-electron chi connectivity index (χ3n) is 4.04. The van der Waals surface area contributed by atoms with Gasteiger partial charge < -0.3 is 30.5 Å². The lowest BCUT2D eigenvalue weighted by molar-refractivity contribution is -0.147. The molecule has 0 aromatic heterocycles. The lowest BCUT2D eigenvalue weighted by atomic mass is 10.1. The van der Waals surface area contributed by atoms with E-state index in [0.717, 1.165) is 5.56 Å².